The van der Waals surface area contributed by atoms with Gasteiger partial charge in [0.1, 0.15) is 11.5 Å². The minimum atomic E-state index is -0.603. The highest BCUT2D eigenvalue weighted by molar-refractivity contribution is 7.99. The van der Waals surface area contributed by atoms with Crippen molar-refractivity contribution in [2.24, 2.45) is 22.7 Å². The van der Waals surface area contributed by atoms with Crippen LogP contribution in [0.25, 0.3) is 0 Å². The SMILES string of the molecule is COc1cc(OC)cc(SCC2C3(C)CCCC(C)(C)C3CC[C@]2(C)O)c1. The quantitative estimate of drug-likeness (QED) is 0.644. The fourth-order valence-electron chi connectivity index (χ4n) is 6.04. The predicted octanol–water partition coefficient (Wildman–Crippen LogP) is 5.79. The van der Waals surface area contributed by atoms with Crippen LogP contribution in [0, 0.1) is 22.7 Å². The molecule has 2 aliphatic rings. The van der Waals surface area contributed by atoms with Gasteiger partial charge < -0.3 is 14.6 Å². The third kappa shape index (κ3) is 3.98. The number of ether oxygens (including phenoxy) is 2. The maximum Gasteiger partial charge on any atom is 0.123 e. The summed E-state index contributed by atoms with van der Waals surface area (Å²) in [6, 6.07) is 6.03. The van der Waals surface area contributed by atoms with Crippen LogP contribution in [-0.4, -0.2) is 30.7 Å². The smallest absolute Gasteiger partial charge is 0.123 e. The van der Waals surface area contributed by atoms with Crippen LogP contribution in [0.3, 0.4) is 0 Å². The summed E-state index contributed by atoms with van der Waals surface area (Å²) in [6.45, 7) is 9.38. The van der Waals surface area contributed by atoms with Gasteiger partial charge in [0.15, 0.2) is 0 Å². The van der Waals surface area contributed by atoms with E-state index in [1.54, 1.807) is 14.2 Å². The van der Waals surface area contributed by atoms with E-state index < -0.39 is 5.60 Å². The van der Waals surface area contributed by atoms with Gasteiger partial charge in [0, 0.05) is 22.6 Å². The highest BCUT2D eigenvalue weighted by Crippen LogP contribution is 2.62. The fourth-order valence-corrected chi connectivity index (χ4v) is 7.54. The lowest BCUT2D eigenvalue weighted by Gasteiger charge is -2.61. The predicted molar refractivity (Wildman–Crippen MR) is 113 cm³/mol. The topological polar surface area (TPSA) is 38.7 Å². The first-order chi connectivity index (χ1) is 12.6. The second-order valence-corrected chi connectivity index (χ2v) is 10.8. The number of fused-ring (bicyclic) bond motifs is 1. The summed E-state index contributed by atoms with van der Waals surface area (Å²) in [5.41, 5.74) is -0.0420. The largest absolute Gasteiger partial charge is 0.497 e. The monoisotopic (exact) mass is 392 g/mol. The zero-order chi connectivity index (χ0) is 19.9. The van der Waals surface area contributed by atoms with Crippen molar-refractivity contribution in [3.8, 4) is 11.5 Å². The van der Waals surface area contributed by atoms with E-state index in [2.05, 4.69) is 39.8 Å². The molecule has 2 saturated carbocycles. The van der Waals surface area contributed by atoms with Crippen LogP contribution in [0.1, 0.15) is 59.8 Å². The van der Waals surface area contributed by atoms with Gasteiger partial charge in [-0.15, -0.1) is 11.8 Å². The molecule has 3 rings (SSSR count). The summed E-state index contributed by atoms with van der Waals surface area (Å²) >= 11 is 1.82. The van der Waals surface area contributed by atoms with Crippen LogP contribution >= 0.6 is 11.8 Å². The Morgan fingerprint density at radius 1 is 1.00 bits per heavy atom. The normalized spacial score (nSPS) is 35.4. The Bertz CT molecular complexity index is 647. The van der Waals surface area contributed by atoms with Gasteiger partial charge in [-0.1, -0.05) is 27.2 Å². The number of hydrogen-bond acceptors (Lipinski definition) is 4. The maximum absolute atomic E-state index is 11.3. The molecule has 3 unspecified atom stereocenters. The molecule has 4 heteroatoms. The molecule has 2 fully saturated rings. The van der Waals surface area contributed by atoms with Gasteiger partial charge in [0.25, 0.3) is 0 Å². The van der Waals surface area contributed by atoms with Crippen molar-refractivity contribution in [1.29, 1.82) is 0 Å². The number of aliphatic hydroxyl groups is 1. The second kappa shape index (κ2) is 7.51. The molecule has 1 N–H and O–H groups in total. The summed E-state index contributed by atoms with van der Waals surface area (Å²) < 4.78 is 10.8. The molecule has 4 atom stereocenters. The summed E-state index contributed by atoms with van der Waals surface area (Å²) in [5.74, 6) is 3.52. The highest BCUT2D eigenvalue weighted by Gasteiger charge is 2.57. The Hall–Kier alpha value is -0.870. The molecule has 0 radical (unpaired) electrons. The molecule has 152 valence electrons. The van der Waals surface area contributed by atoms with Crippen molar-refractivity contribution in [1.82, 2.24) is 0 Å². The maximum atomic E-state index is 11.3. The highest BCUT2D eigenvalue weighted by atomic mass is 32.2. The molecule has 1 aromatic carbocycles. The van der Waals surface area contributed by atoms with E-state index in [4.69, 9.17) is 9.47 Å². The van der Waals surface area contributed by atoms with E-state index in [1.165, 1.54) is 19.3 Å². The Morgan fingerprint density at radius 2 is 1.63 bits per heavy atom. The van der Waals surface area contributed by atoms with Gasteiger partial charge in [-0.2, -0.15) is 0 Å². The molecule has 0 saturated heterocycles. The Labute approximate surface area is 169 Å². The Kier molecular flexibility index (Phi) is 5.80. The van der Waals surface area contributed by atoms with Crippen LogP contribution in [0.2, 0.25) is 0 Å². The average molecular weight is 393 g/mol. The first-order valence-electron chi connectivity index (χ1n) is 10.2. The van der Waals surface area contributed by atoms with Crippen molar-refractivity contribution in [3.63, 3.8) is 0 Å². The van der Waals surface area contributed by atoms with Crippen molar-refractivity contribution in [2.45, 2.75) is 70.3 Å². The third-order valence-electron chi connectivity index (χ3n) is 7.50. The van der Waals surface area contributed by atoms with E-state index in [0.717, 1.165) is 35.0 Å². The first-order valence-corrected chi connectivity index (χ1v) is 11.2. The molecular weight excluding hydrogens is 356 g/mol. The average Bonchev–Trinajstić information content (AvgIpc) is 2.59. The molecule has 2 aliphatic carbocycles. The number of thioether (sulfide) groups is 1. The van der Waals surface area contributed by atoms with E-state index in [0.29, 0.717) is 11.3 Å². The zero-order valence-corrected chi connectivity index (χ0v) is 18.6. The third-order valence-corrected chi connectivity index (χ3v) is 8.57. The lowest BCUT2D eigenvalue weighted by molar-refractivity contribution is -0.158. The van der Waals surface area contributed by atoms with E-state index in [1.807, 2.05) is 17.8 Å². The molecule has 0 heterocycles. The van der Waals surface area contributed by atoms with Crippen molar-refractivity contribution >= 4 is 11.8 Å². The number of methoxy groups -OCH3 is 2. The van der Waals surface area contributed by atoms with Gasteiger partial charge in [-0.3, -0.25) is 0 Å². The van der Waals surface area contributed by atoms with Crippen LogP contribution < -0.4 is 9.47 Å². The first kappa shape index (κ1) is 20.9. The molecule has 0 amide bonds. The number of rotatable bonds is 5. The fraction of sp³-hybridized carbons (Fsp3) is 0.739. The molecule has 27 heavy (non-hydrogen) atoms. The molecule has 0 aromatic heterocycles. The molecule has 0 spiro atoms. The summed E-state index contributed by atoms with van der Waals surface area (Å²) in [7, 11) is 3.37. The lowest BCUT2D eigenvalue weighted by Crippen LogP contribution is -2.58. The zero-order valence-electron chi connectivity index (χ0n) is 17.8. The standard InChI is InChI=1S/C23H36O3S/c1-21(2)9-7-10-22(3)19(21)8-11-23(4,24)20(22)15-27-18-13-16(25-5)12-17(14-18)26-6/h12-14,19-20,24H,7-11,15H2,1-6H3/t19?,20?,22?,23-/m0/s1. The van der Waals surface area contributed by atoms with Crippen LogP contribution in [0.15, 0.2) is 23.1 Å². The minimum absolute atomic E-state index is 0.194. The second-order valence-electron chi connectivity index (χ2n) is 9.71. The van der Waals surface area contributed by atoms with Crippen LogP contribution in [0.4, 0.5) is 0 Å². The molecule has 0 bridgehead atoms. The van der Waals surface area contributed by atoms with E-state index >= 15 is 0 Å². The van der Waals surface area contributed by atoms with Crippen molar-refractivity contribution in [2.75, 3.05) is 20.0 Å². The van der Waals surface area contributed by atoms with Crippen molar-refractivity contribution < 1.29 is 14.6 Å². The molecular formula is C23H36O3S. The van der Waals surface area contributed by atoms with Gasteiger partial charge >= 0.3 is 0 Å². The van der Waals surface area contributed by atoms with Gasteiger partial charge in [-0.05, 0) is 61.5 Å². The minimum Gasteiger partial charge on any atom is -0.497 e. The summed E-state index contributed by atoms with van der Waals surface area (Å²) in [6.07, 6.45) is 5.85. The van der Waals surface area contributed by atoms with Crippen LogP contribution in [-0.2, 0) is 0 Å². The number of hydrogen-bond donors (Lipinski definition) is 1. The number of benzene rings is 1. The van der Waals surface area contributed by atoms with Crippen LogP contribution in [0.5, 0.6) is 11.5 Å². The molecule has 1 aromatic rings. The Balaban J connectivity index is 1.85. The Morgan fingerprint density at radius 3 is 2.22 bits per heavy atom. The molecule has 0 aliphatic heterocycles. The lowest BCUT2D eigenvalue weighted by atomic mass is 9.46. The summed E-state index contributed by atoms with van der Waals surface area (Å²) in [4.78, 5) is 1.14. The van der Waals surface area contributed by atoms with E-state index in [-0.39, 0.29) is 11.3 Å². The van der Waals surface area contributed by atoms with E-state index in [9.17, 15) is 5.11 Å². The van der Waals surface area contributed by atoms with Crippen molar-refractivity contribution in [3.05, 3.63) is 18.2 Å². The van der Waals surface area contributed by atoms with Gasteiger partial charge in [0.05, 0.1) is 19.8 Å². The van der Waals surface area contributed by atoms with Gasteiger partial charge in [-0.25, -0.2) is 0 Å². The summed E-state index contributed by atoms with van der Waals surface area (Å²) in [5, 5.41) is 11.3. The van der Waals surface area contributed by atoms with Gasteiger partial charge in [0.2, 0.25) is 0 Å². The molecule has 3 nitrogen and oxygen atoms in total.